The van der Waals surface area contributed by atoms with Crippen LogP contribution in [0.1, 0.15) is 5.56 Å². The van der Waals surface area contributed by atoms with E-state index in [1.54, 1.807) is 0 Å². The first-order chi connectivity index (χ1) is 8.13. The summed E-state index contributed by atoms with van der Waals surface area (Å²) in [7, 11) is -6.51. The molecule has 0 amide bonds. The van der Waals surface area contributed by atoms with Crippen molar-refractivity contribution in [2.24, 2.45) is 10.3 Å². The van der Waals surface area contributed by atoms with Gasteiger partial charge in [0.15, 0.2) is 0 Å². The van der Waals surface area contributed by atoms with E-state index in [9.17, 15) is 16.8 Å². The van der Waals surface area contributed by atoms with Crippen molar-refractivity contribution in [3.8, 4) is 5.75 Å². The zero-order chi connectivity index (χ0) is 14.0. The molecule has 0 radical (unpaired) electrons. The van der Waals surface area contributed by atoms with Gasteiger partial charge in [-0.3, -0.25) is 0 Å². The number of sulfonamides is 1. The SMILES string of the molecule is COc1ccc(CNS(N)(=O)=O)cc1S(N)(=O)=O. The first-order valence-electron chi connectivity index (χ1n) is 4.60. The van der Waals surface area contributed by atoms with Gasteiger partial charge in [0.05, 0.1) is 7.11 Å². The molecule has 1 aromatic rings. The third-order valence-electron chi connectivity index (χ3n) is 2.01. The smallest absolute Gasteiger partial charge is 0.274 e. The van der Waals surface area contributed by atoms with Crippen LogP contribution in [0.4, 0.5) is 0 Å². The van der Waals surface area contributed by atoms with Crippen molar-refractivity contribution >= 4 is 20.2 Å². The highest BCUT2D eigenvalue weighted by atomic mass is 32.2. The Labute approximate surface area is 105 Å². The van der Waals surface area contributed by atoms with Crippen molar-refractivity contribution in [1.29, 1.82) is 0 Å². The average molecular weight is 295 g/mol. The minimum absolute atomic E-state index is 0.0804. The van der Waals surface area contributed by atoms with Crippen LogP contribution in [-0.2, 0) is 26.8 Å². The van der Waals surface area contributed by atoms with Gasteiger partial charge in [-0.1, -0.05) is 6.07 Å². The molecule has 0 fully saturated rings. The number of nitrogens with one attached hydrogen (secondary N) is 1. The van der Waals surface area contributed by atoms with E-state index in [2.05, 4.69) is 0 Å². The lowest BCUT2D eigenvalue weighted by molar-refractivity contribution is 0.402. The molecule has 0 aromatic heterocycles. The Morgan fingerprint density at radius 2 is 1.83 bits per heavy atom. The van der Waals surface area contributed by atoms with E-state index in [1.165, 1.54) is 25.3 Å². The highest BCUT2D eigenvalue weighted by molar-refractivity contribution is 7.89. The second kappa shape index (κ2) is 5.20. The number of rotatable bonds is 5. The van der Waals surface area contributed by atoms with Crippen molar-refractivity contribution in [2.75, 3.05) is 7.11 Å². The maximum Gasteiger partial charge on any atom is 0.274 e. The molecule has 0 saturated carbocycles. The van der Waals surface area contributed by atoms with E-state index >= 15 is 0 Å². The summed E-state index contributed by atoms with van der Waals surface area (Å²) in [5, 5.41) is 9.77. The molecular formula is C8H13N3O5S2. The highest BCUT2D eigenvalue weighted by Gasteiger charge is 2.15. The molecule has 5 N–H and O–H groups in total. The first-order valence-corrected chi connectivity index (χ1v) is 7.70. The first kappa shape index (κ1) is 14.9. The molecule has 0 bridgehead atoms. The molecule has 18 heavy (non-hydrogen) atoms. The predicted octanol–water partition coefficient (Wildman–Crippen LogP) is -1.36. The zero-order valence-corrected chi connectivity index (χ0v) is 11.1. The lowest BCUT2D eigenvalue weighted by Crippen LogP contribution is -2.30. The Kier molecular flexibility index (Phi) is 4.29. The van der Waals surface area contributed by atoms with Crippen LogP contribution in [0.3, 0.4) is 0 Å². The third kappa shape index (κ3) is 4.23. The second-order valence-electron chi connectivity index (χ2n) is 3.40. The van der Waals surface area contributed by atoms with Crippen molar-refractivity contribution in [1.82, 2.24) is 4.72 Å². The van der Waals surface area contributed by atoms with Crippen LogP contribution in [0.5, 0.6) is 5.75 Å². The van der Waals surface area contributed by atoms with E-state index in [0.29, 0.717) is 5.56 Å². The number of methoxy groups -OCH3 is 1. The van der Waals surface area contributed by atoms with E-state index in [4.69, 9.17) is 15.0 Å². The van der Waals surface area contributed by atoms with Gasteiger partial charge in [0, 0.05) is 6.54 Å². The largest absolute Gasteiger partial charge is 0.495 e. The molecule has 1 aromatic carbocycles. The summed E-state index contributed by atoms with van der Waals surface area (Å²) in [5.41, 5.74) is 0.383. The number of hydrogen-bond acceptors (Lipinski definition) is 5. The van der Waals surface area contributed by atoms with E-state index in [1.807, 2.05) is 4.72 Å². The molecule has 0 aliphatic rings. The Morgan fingerprint density at radius 3 is 2.28 bits per heavy atom. The maximum atomic E-state index is 11.3. The summed E-state index contributed by atoms with van der Waals surface area (Å²) in [6.07, 6.45) is 0. The summed E-state index contributed by atoms with van der Waals surface area (Å²) in [6.45, 7) is -0.147. The fraction of sp³-hybridized carbons (Fsp3) is 0.250. The molecule has 0 aliphatic heterocycles. The van der Waals surface area contributed by atoms with Gasteiger partial charge >= 0.3 is 0 Å². The Balaban J connectivity index is 3.12. The van der Waals surface area contributed by atoms with Crippen LogP contribution < -0.4 is 19.7 Å². The quantitative estimate of drug-likeness (QED) is 0.614. The molecular weight excluding hydrogens is 282 g/mol. The summed E-state index contributed by atoms with van der Waals surface area (Å²) in [6, 6.07) is 4.08. The van der Waals surface area contributed by atoms with Gasteiger partial charge in [-0.05, 0) is 17.7 Å². The number of hydrogen-bond donors (Lipinski definition) is 3. The lowest BCUT2D eigenvalue weighted by Gasteiger charge is -2.09. The van der Waals surface area contributed by atoms with Crippen molar-refractivity contribution in [2.45, 2.75) is 11.4 Å². The zero-order valence-electron chi connectivity index (χ0n) is 9.45. The van der Waals surface area contributed by atoms with Gasteiger partial charge < -0.3 is 4.74 Å². The Morgan fingerprint density at radius 1 is 1.22 bits per heavy atom. The standard InChI is InChI=1S/C8H13N3O5S2/c1-16-7-3-2-6(5-11-18(10,14)15)4-8(7)17(9,12)13/h2-4,11H,5H2,1H3,(H2,9,12,13)(H2,10,14,15). The summed E-state index contributed by atoms with van der Waals surface area (Å²) in [5.74, 6) is 0.0804. The van der Waals surface area contributed by atoms with Crippen LogP contribution >= 0.6 is 0 Å². The fourth-order valence-corrected chi connectivity index (χ4v) is 2.35. The number of nitrogens with two attached hydrogens (primary N) is 2. The van der Waals surface area contributed by atoms with Gasteiger partial charge in [-0.15, -0.1) is 0 Å². The topological polar surface area (TPSA) is 142 Å². The summed E-state index contributed by atoms with van der Waals surface area (Å²) >= 11 is 0. The predicted molar refractivity (Wildman–Crippen MR) is 64.3 cm³/mol. The van der Waals surface area contributed by atoms with Gasteiger partial charge in [0.2, 0.25) is 10.0 Å². The maximum absolute atomic E-state index is 11.3. The van der Waals surface area contributed by atoms with Crippen molar-refractivity contribution < 1.29 is 21.6 Å². The highest BCUT2D eigenvalue weighted by Crippen LogP contribution is 2.23. The third-order valence-corrected chi connectivity index (χ3v) is 3.49. The van der Waals surface area contributed by atoms with Crippen LogP contribution in [0, 0.1) is 0 Å². The van der Waals surface area contributed by atoms with E-state index < -0.39 is 20.2 Å². The van der Waals surface area contributed by atoms with Gasteiger partial charge in [-0.25, -0.2) is 18.7 Å². The van der Waals surface area contributed by atoms with Crippen LogP contribution in [0.15, 0.2) is 23.1 Å². The van der Waals surface area contributed by atoms with E-state index in [-0.39, 0.29) is 17.2 Å². The van der Waals surface area contributed by atoms with Gasteiger partial charge in [0.1, 0.15) is 10.6 Å². The van der Waals surface area contributed by atoms with Gasteiger partial charge in [0.25, 0.3) is 10.2 Å². The lowest BCUT2D eigenvalue weighted by atomic mass is 10.2. The van der Waals surface area contributed by atoms with E-state index in [0.717, 1.165) is 0 Å². The van der Waals surface area contributed by atoms with Crippen molar-refractivity contribution in [3.05, 3.63) is 23.8 Å². The number of ether oxygens (including phenoxy) is 1. The minimum Gasteiger partial charge on any atom is -0.495 e. The molecule has 102 valence electrons. The molecule has 8 nitrogen and oxygen atoms in total. The Bertz CT molecular complexity index is 639. The molecule has 0 unspecified atom stereocenters. The van der Waals surface area contributed by atoms with Gasteiger partial charge in [-0.2, -0.15) is 13.1 Å². The molecule has 0 spiro atoms. The van der Waals surface area contributed by atoms with Crippen LogP contribution in [0.2, 0.25) is 0 Å². The summed E-state index contributed by atoms with van der Waals surface area (Å²) in [4.78, 5) is -0.223. The Hall–Kier alpha value is -1.20. The monoisotopic (exact) mass is 295 g/mol. The molecule has 0 saturated heterocycles. The molecule has 1 rings (SSSR count). The molecule has 0 aliphatic carbocycles. The fourth-order valence-electron chi connectivity index (χ4n) is 1.24. The molecule has 0 atom stereocenters. The van der Waals surface area contributed by atoms with Crippen LogP contribution in [-0.4, -0.2) is 23.9 Å². The number of primary sulfonamides is 1. The second-order valence-corrected chi connectivity index (χ2v) is 6.30. The average Bonchev–Trinajstić information content (AvgIpc) is 2.24. The molecule has 10 heteroatoms. The normalized spacial score (nSPS) is 12.4. The number of benzene rings is 1. The van der Waals surface area contributed by atoms with Crippen LogP contribution in [0.25, 0.3) is 0 Å². The summed E-state index contributed by atoms with van der Waals surface area (Å²) < 4.78 is 50.9. The minimum atomic E-state index is -3.96. The van der Waals surface area contributed by atoms with Crippen molar-refractivity contribution in [3.63, 3.8) is 0 Å². The molecule has 0 heterocycles.